The van der Waals surface area contributed by atoms with Crippen LogP contribution in [0, 0.1) is 10.1 Å². The molecule has 2 heterocycles. The molecular formula is C15H21N3O5. The van der Waals surface area contributed by atoms with E-state index in [-0.39, 0.29) is 24.4 Å². The summed E-state index contributed by atoms with van der Waals surface area (Å²) in [7, 11) is 0. The van der Waals surface area contributed by atoms with Gasteiger partial charge >= 0.3 is 5.97 Å². The van der Waals surface area contributed by atoms with Crippen LogP contribution in [0.25, 0.3) is 0 Å². The zero-order chi connectivity index (χ0) is 17.0. The topological polar surface area (TPSA) is 94.8 Å². The fourth-order valence-electron chi connectivity index (χ4n) is 2.30. The Labute approximate surface area is 134 Å². The zero-order valence-corrected chi connectivity index (χ0v) is 13.5. The summed E-state index contributed by atoms with van der Waals surface area (Å²) in [5, 5.41) is 10.6. The van der Waals surface area contributed by atoms with E-state index in [9.17, 15) is 14.9 Å². The fraction of sp³-hybridized carbons (Fsp3) is 0.600. The average molecular weight is 323 g/mol. The number of hydrogen-bond donors (Lipinski definition) is 0. The third kappa shape index (κ3) is 5.17. The van der Waals surface area contributed by atoms with Crippen LogP contribution in [0.4, 0.5) is 11.5 Å². The van der Waals surface area contributed by atoms with E-state index in [0.717, 1.165) is 13.0 Å². The molecule has 8 nitrogen and oxygen atoms in total. The summed E-state index contributed by atoms with van der Waals surface area (Å²) in [4.78, 5) is 27.8. The summed E-state index contributed by atoms with van der Waals surface area (Å²) < 4.78 is 10.8. The molecule has 23 heavy (non-hydrogen) atoms. The third-order valence-electron chi connectivity index (χ3n) is 3.27. The van der Waals surface area contributed by atoms with Crippen molar-refractivity contribution in [3.05, 3.63) is 28.4 Å². The molecule has 0 amide bonds. The molecule has 0 radical (unpaired) electrons. The first kappa shape index (κ1) is 17.1. The third-order valence-corrected chi connectivity index (χ3v) is 3.27. The van der Waals surface area contributed by atoms with Crippen molar-refractivity contribution in [3.63, 3.8) is 0 Å². The molecule has 0 N–H and O–H groups in total. The van der Waals surface area contributed by atoms with Crippen molar-refractivity contribution < 1.29 is 19.2 Å². The van der Waals surface area contributed by atoms with Gasteiger partial charge in [0.05, 0.1) is 11.0 Å². The number of rotatable bonds is 5. The number of nitrogens with zero attached hydrogens (tertiary/aromatic N) is 3. The largest absolute Gasteiger partial charge is 0.458 e. The molecule has 1 unspecified atom stereocenters. The molecule has 0 aromatic carbocycles. The van der Waals surface area contributed by atoms with Crippen LogP contribution in [0.3, 0.4) is 0 Å². The van der Waals surface area contributed by atoms with Gasteiger partial charge in [0, 0.05) is 19.2 Å². The molecular weight excluding hydrogens is 302 g/mol. The SMILES string of the molecule is CC(C)(C)OC(=O)COC1CCN(c2ccc([N+](=O)[O-])cn2)C1. The Morgan fingerprint density at radius 1 is 1.48 bits per heavy atom. The summed E-state index contributed by atoms with van der Waals surface area (Å²) in [6.07, 6.45) is 1.92. The molecule has 1 aromatic heterocycles. The number of carbonyl (C=O) groups is 1. The van der Waals surface area contributed by atoms with Crippen molar-refractivity contribution in [1.29, 1.82) is 0 Å². The predicted molar refractivity (Wildman–Crippen MR) is 83.3 cm³/mol. The standard InChI is InChI=1S/C15H21N3O5/c1-15(2,3)23-14(19)10-22-12-6-7-17(9-12)13-5-4-11(8-16-13)18(20)21/h4-5,8,12H,6-7,9-10H2,1-3H3. The van der Waals surface area contributed by atoms with E-state index >= 15 is 0 Å². The van der Waals surface area contributed by atoms with Crippen molar-refractivity contribution in [1.82, 2.24) is 4.98 Å². The Bertz CT molecular complexity index is 567. The second kappa shape index (κ2) is 6.91. The Morgan fingerprint density at radius 2 is 2.22 bits per heavy atom. The van der Waals surface area contributed by atoms with Gasteiger partial charge < -0.3 is 14.4 Å². The molecule has 0 aliphatic carbocycles. The first-order valence-corrected chi connectivity index (χ1v) is 7.43. The monoisotopic (exact) mass is 323 g/mol. The zero-order valence-electron chi connectivity index (χ0n) is 13.5. The molecule has 0 spiro atoms. The second-order valence-corrected chi connectivity index (χ2v) is 6.39. The van der Waals surface area contributed by atoms with Gasteiger partial charge in [0.1, 0.15) is 24.2 Å². The van der Waals surface area contributed by atoms with E-state index in [1.807, 2.05) is 25.7 Å². The summed E-state index contributed by atoms with van der Waals surface area (Å²) in [6.45, 7) is 6.66. The summed E-state index contributed by atoms with van der Waals surface area (Å²) in [5.41, 5.74) is -0.559. The number of nitro groups is 1. The summed E-state index contributed by atoms with van der Waals surface area (Å²) >= 11 is 0. The number of esters is 1. The van der Waals surface area contributed by atoms with Crippen LogP contribution >= 0.6 is 0 Å². The smallest absolute Gasteiger partial charge is 0.332 e. The second-order valence-electron chi connectivity index (χ2n) is 6.39. The van der Waals surface area contributed by atoms with Gasteiger partial charge in [-0.15, -0.1) is 0 Å². The highest BCUT2D eigenvalue weighted by Crippen LogP contribution is 2.21. The van der Waals surface area contributed by atoms with E-state index in [4.69, 9.17) is 9.47 Å². The molecule has 2 rings (SSSR count). The molecule has 1 atom stereocenters. The van der Waals surface area contributed by atoms with E-state index in [0.29, 0.717) is 12.4 Å². The van der Waals surface area contributed by atoms with Crippen LogP contribution in [0.5, 0.6) is 0 Å². The Morgan fingerprint density at radius 3 is 2.78 bits per heavy atom. The molecule has 0 saturated carbocycles. The maximum Gasteiger partial charge on any atom is 0.332 e. The van der Waals surface area contributed by atoms with Crippen LogP contribution < -0.4 is 4.90 Å². The van der Waals surface area contributed by atoms with Gasteiger partial charge in [0.15, 0.2) is 0 Å². The summed E-state index contributed by atoms with van der Waals surface area (Å²) in [5.74, 6) is 0.281. The van der Waals surface area contributed by atoms with E-state index in [2.05, 4.69) is 4.98 Å². The lowest BCUT2D eigenvalue weighted by molar-refractivity contribution is -0.385. The lowest BCUT2D eigenvalue weighted by atomic mass is 10.2. The van der Waals surface area contributed by atoms with Gasteiger partial charge in [-0.05, 0) is 33.3 Å². The lowest BCUT2D eigenvalue weighted by Crippen LogP contribution is -2.29. The van der Waals surface area contributed by atoms with Crippen LogP contribution in [0.15, 0.2) is 18.3 Å². The Hall–Kier alpha value is -2.22. The highest BCUT2D eigenvalue weighted by molar-refractivity contribution is 5.71. The van der Waals surface area contributed by atoms with Crippen LogP contribution in [-0.2, 0) is 14.3 Å². The van der Waals surface area contributed by atoms with Gasteiger partial charge in [0.2, 0.25) is 0 Å². The highest BCUT2D eigenvalue weighted by Gasteiger charge is 2.26. The van der Waals surface area contributed by atoms with Crippen molar-refractivity contribution in [2.24, 2.45) is 0 Å². The number of hydrogen-bond acceptors (Lipinski definition) is 7. The van der Waals surface area contributed by atoms with Gasteiger partial charge in [-0.1, -0.05) is 0 Å². The van der Waals surface area contributed by atoms with E-state index < -0.39 is 10.5 Å². The Kier molecular flexibility index (Phi) is 5.15. The van der Waals surface area contributed by atoms with Crippen molar-refractivity contribution >= 4 is 17.5 Å². The van der Waals surface area contributed by atoms with Crippen molar-refractivity contribution in [3.8, 4) is 0 Å². The van der Waals surface area contributed by atoms with Gasteiger partial charge in [-0.3, -0.25) is 10.1 Å². The molecule has 1 aliphatic rings. The van der Waals surface area contributed by atoms with Crippen LogP contribution in [-0.4, -0.2) is 47.3 Å². The minimum Gasteiger partial charge on any atom is -0.458 e. The minimum absolute atomic E-state index is 0.0364. The minimum atomic E-state index is -0.523. The van der Waals surface area contributed by atoms with Crippen molar-refractivity contribution in [2.45, 2.75) is 38.9 Å². The molecule has 126 valence electrons. The van der Waals surface area contributed by atoms with Gasteiger partial charge in [0.25, 0.3) is 5.69 Å². The number of aromatic nitrogens is 1. The van der Waals surface area contributed by atoms with E-state index in [1.165, 1.54) is 12.3 Å². The Balaban J connectivity index is 1.82. The number of anilines is 1. The number of ether oxygens (including phenoxy) is 2. The molecule has 1 aliphatic heterocycles. The molecule has 0 bridgehead atoms. The number of carbonyl (C=O) groups excluding carboxylic acids is 1. The molecule has 1 fully saturated rings. The predicted octanol–water partition coefficient (Wildman–Crippen LogP) is 1.93. The first-order chi connectivity index (χ1) is 10.7. The molecule has 1 aromatic rings. The maximum absolute atomic E-state index is 11.6. The summed E-state index contributed by atoms with van der Waals surface area (Å²) in [6, 6.07) is 3.05. The lowest BCUT2D eigenvalue weighted by Gasteiger charge is -2.20. The average Bonchev–Trinajstić information content (AvgIpc) is 2.92. The normalized spacial score (nSPS) is 18.0. The molecule has 1 saturated heterocycles. The van der Waals surface area contributed by atoms with Gasteiger partial charge in [-0.2, -0.15) is 0 Å². The van der Waals surface area contributed by atoms with E-state index in [1.54, 1.807) is 6.07 Å². The number of pyridine rings is 1. The molecule has 8 heteroatoms. The first-order valence-electron chi connectivity index (χ1n) is 7.43. The van der Waals surface area contributed by atoms with Crippen LogP contribution in [0.2, 0.25) is 0 Å². The van der Waals surface area contributed by atoms with Crippen molar-refractivity contribution in [2.75, 3.05) is 24.6 Å². The maximum atomic E-state index is 11.6. The van der Waals surface area contributed by atoms with Gasteiger partial charge in [-0.25, -0.2) is 9.78 Å². The van der Waals surface area contributed by atoms with Crippen LogP contribution in [0.1, 0.15) is 27.2 Å². The highest BCUT2D eigenvalue weighted by atomic mass is 16.6. The fourth-order valence-corrected chi connectivity index (χ4v) is 2.30. The quantitative estimate of drug-likeness (QED) is 0.464.